The van der Waals surface area contributed by atoms with Gasteiger partial charge < -0.3 is 5.32 Å². The second-order valence-electron chi connectivity index (χ2n) is 4.99. The van der Waals surface area contributed by atoms with Crippen molar-refractivity contribution >= 4 is 21.8 Å². The third-order valence-electron chi connectivity index (χ3n) is 3.57. The van der Waals surface area contributed by atoms with E-state index in [-0.39, 0.29) is 11.5 Å². The molecule has 1 aliphatic rings. The maximum absolute atomic E-state index is 12.4. The Morgan fingerprint density at radius 2 is 1.90 bits per heavy atom. The van der Waals surface area contributed by atoms with E-state index in [0.29, 0.717) is 17.3 Å². The van der Waals surface area contributed by atoms with Gasteiger partial charge in [0, 0.05) is 16.9 Å². The zero-order chi connectivity index (χ0) is 14.8. The van der Waals surface area contributed by atoms with Gasteiger partial charge in [-0.05, 0) is 43.0 Å². The fourth-order valence-electron chi connectivity index (χ4n) is 2.36. The lowest BCUT2D eigenvalue weighted by atomic mass is 10.1. The molecule has 1 aromatic carbocycles. The van der Waals surface area contributed by atoms with E-state index in [4.69, 9.17) is 0 Å². The van der Waals surface area contributed by atoms with E-state index in [2.05, 4.69) is 21.2 Å². The average molecular weight is 350 g/mol. The lowest BCUT2D eigenvalue weighted by Gasteiger charge is -2.15. The number of nitrogens with one attached hydrogen (secondary N) is 1. The molecule has 20 heavy (non-hydrogen) atoms. The fraction of sp³-hybridized carbons (Fsp3) is 0.500. The maximum atomic E-state index is 12.4. The minimum absolute atomic E-state index is 0.252. The van der Waals surface area contributed by atoms with E-state index in [1.54, 1.807) is 0 Å². The lowest BCUT2D eigenvalue weighted by molar-refractivity contribution is -0.137. The summed E-state index contributed by atoms with van der Waals surface area (Å²) < 4.78 is 37.2. The van der Waals surface area contributed by atoms with Crippen LogP contribution in [0.4, 0.5) is 13.2 Å². The molecule has 1 amide bonds. The lowest BCUT2D eigenvalue weighted by Crippen LogP contribution is -2.31. The summed E-state index contributed by atoms with van der Waals surface area (Å²) in [5.41, 5.74) is -0.493. The molecule has 0 bridgehead atoms. The van der Waals surface area contributed by atoms with Crippen molar-refractivity contribution in [1.82, 2.24) is 5.32 Å². The van der Waals surface area contributed by atoms with Crippen LogP contribution >= 0.6 is 15.9 Å². The Hall–Kier alpha value is -1.04. The van der Waals surface area contributed by atoms with Crippen LogP contribution in [0.3, 0.4) is 0 Å². The molecule has 0 radical (unpaired) electrons. The highest BCUT2D eigenvalue weighted by Crippen LogP contribution is 2.31. The van der Waals surface area contributed by atoms with Crippen LogP contribution in [0.1, 0.15) is 35.2 Å². The Morgan fingerprint density at radius 3 is 2.40 bits per heavy atom. The molecule has 2 nitrogen and oxygen atoms in total. The van der Waals surface area contributed by atoms with Gasteiger partial charge >= 0.3 is 6.18 Å². The molecule has 1 aromatic rings. The third-order valence-corrected chi connectivity index (χ3v) is 4.77. The largest absolute Gasteiger partial charge is 0.416 e. The molecule has 0 saturated heterocycles. The monoisotopic (exact) mass is 349 g/mol. The summed E-state index contributed by atoms with van der Waals surface area (Å²) in [4.78, 5) is 12.3. The van der Waals surface area contributed by atoms with Crippen LogP contribution in [0.25, 0.3) is 0 Å². The highest BCUT2D eigenvalue weighted by molar-refractivity contribution is 9.09. The van der Waals surface area contributed by atoms with E-state index in [1.807, 2.05) is 0 Å². The molecule has 0 spiro atoms. The predicted octanol–water partition coefficient (Wildman–Crippen LogP) is 4.00. The number of carbonyl (C=O) groups excluding carboxylic acids is 1. The molecule has 1 saturated carbocycles. The summed E-state index contributed by atoms with van der Waals surface area (Å²) in [6.07, 6.45) is -1.08. The van der Waals surface area contributed by atoms with Gasteiger partial charge in [0.15, 0.2) is 0 Å². The van der Waals surface area contributed by atoms with Crippen LogP contribution < -0.4 is 5.32 Å². The smallest absolute Gasteiger partial charge is 0.352 e. The number of amides is 1. The topological polar surface area (TPSA) is 29.1 Å². The fourth-order valence-corrected chi connectivity index (χ4v) is 3.13. The van der Waals surface area contributed by atoms with Gasteiger partial charge in [0.1, 0.15) is 0 Å². The van der Waals surface area contributed by atoms with Gasteiger partial charge in [-0.3, -0.25) is 4.79 Å². The Morgan fingerprint density at radius 1 is 1.25 bits per heavy atom. The summed E-state index contributed by atoms with van der Waals surface area (Å²) in [5, 5.41) is 2.78. The van der Waals surface area contributed by atoms with Crippen molar-refractivity contribution in [2.45, 2.75) is 30.3 Å². The molecular weight excluding hydrogens is 335 g/mol. The molecule has 2 atom stereocenters. The van der Waals surface area contributed by atoms with Gasteiger partial charge in [0.05, 0.1) is 5.56 Å². The van der Waals surface area contributed by atoms with Crippen LogP contribution in [-0.4, -0.2) is 17.3 Å². The second kappa shape index (κ2) is 6.16. The highest BCUT2D eigenvalue weighted by atomic mass is 79.9. The summed E-state index contributed by atoms with van der Waals surface area (Å²) in [6, 6.07) is 4.27. The standard InChI is InChI=1S/C14H15BrF3NO/c15-12-3-1-2-10(12)8-19-13(20)9-4-6-11(7-5-9)14(16,17)18/h4-7,10,12H,1-3,8H2,(H,19,20). The SMILES string of the molecule is O=C(NCC1CCCC1Br)c1ccc(C(F)(F)F)cc1. The molecule has 0 aromatic heterocycles. The zero-order valence-electron chi connectivity index (χ0n) is 10.7. The van der Waals surface area contributed by atoms with Gasteiger partial charge in [0.2, 0.25) is 0 Å². The summed E-state index contributed by atoms with van der Waals surface area (Å²) >= 11 is 3.57. The van der Waals surface area contributed by atoms with Crippen LogP contribution in [0, 0.1) is 5.92 Å². The van der Waals surface area contributed by atoms with Crippen LogP contribution in [-0.2, 0) is 6.18 Å². The van der Waals surface area contributed by atoms with Crippen molar-refractivity contribution in [3.05, 3.63) is 35.4 Å². The summed E-state index contributed by atoms with van der Waals surface area (Å²) in [6.45, 7) is 0.551. The van der Waals surface area contributed by atoms with Gasteiger partial charge in [-0.1, -0.05) is 22.4 Å². The first kappa shape index (κ1) is 15.4. The van der Waals surface area contributed by atoms with Crippen LogP contribution in [0.5, 0.6) is 0 Å². The van der Waals surface area contributed by atoms with Gasteiger partial charge in [-0.2, -0.15) is 13.2 Å². The molecule has 0 heterocycles. The Bertz CT molecular complexity index is 472. The molecule has 0 aliphatic heterocycles. The minimum atomic E-state index is -4.37. The van der Waals surface area contributed by atoms with Crippen molar-refractivity contribution in [3.8, 4) is 0 Å². The van der Waals surface area contributed by atoms with E-state index in [9.17, 15) is 18.0 Å². The molecule has 2 rings (SSSR count). The minimum Gasteiger partial charge on any atom is -0.352 e. The number of hydrogen-bond donors (Lipinski definition) is 1. The van der Waals surface area contributed by atoms with Crippen LogP contribution in [0.15, 0.2) is 24.3 Å². The van der Waals surface area contributed by atoms with Crippen molar-refractivity contribution in [1.29, 1.82) is 0 Å². The molecule has 6 heteroatoms. The van der Waals surface area contributed by atoms with Crippen LogP contribution in [0.2, 0.25) is 0 Å². The molecular formula is C14H15BrF3NO. The van der Waals surface area contributed by atoms with Crippen molar-refractivity contribution in [3.63, 3.8) is 0 Å². The summed E-state index contributed by atoms with van der Waals surface area (Å²) in [5.74, 6) is 0.0683. The van der Waals surface area contributed by atoms with E-state index in [1.165, 1.54) is 12.1 Å². The number of hydrogen-bond acceptors (Lipinski definition) is 1. The molecule has 1 N–H and O–H groups in total. The number of halogens is 4. The molecule has 110 valence electrons. The van der Waals surface area contributed by atoms with E-state index in [0.717, 1.165) is 31.4 Å². The number of rotatable bonds is 3. The Kier molecular flexibility index (Phi) is 4.73. The zero-order valence-corrected chi connectivity index (χ0v) is 12.3. The third kappa shape index (κ3) is 3.75. The van der Waals surface area contributed by atoms with Crippen molar-refractivity contribution in [2.24, 2.45) is 5.92 Å². The predicted molar refractivity (Wildman–Crippen MR) is 73.8 cm³/mol. The Balaban J connectivity index is 1.92. The maximum Gasteiger partial charge on any atom is 0.416 e. The first-order valence-corrected chi connectivity index (χ1v) is 7.39. The van der Waals surface area contributed by atoms with Crippen molar-refractivity contribution < 1.29 is 18.0 Å². The number of alkyl halides is 4. The van der Waals surface area contributed by atoms with E-state index < -0.39 is 11.7 Å². The molecule has 2 unspecified atom stereocenters. The first-order valence-electron chi connectivity index (χ1n) is 6.47. The quantitative estimate of drug-likeness (QED) is 0.821. The highest BCUT2D eigenvalue weighted by Gasteiger charge is 2.30. The first-order chi connectivity index (χ1) is 9.38. The molecule has 1 aliphatic carbocycles. The average Bonchev–Trinajstić information content (AvgIpc) is 2.81. The Labute approximate surface area is 123 Å². The normalized spacial score (nSPS) is 22.8. The second-order valence-corrected chi connectivity index (χ2v) is 6.17. The number of benzene rings is 1. The van der Waals surface area contributed by atoms with Gasteiger partial charge in [-0.25, -0.2) is 0 Å². The summed E-state index contributed by atoms with van der Waals surface area (Å²) in [7, 11) is 0. The molecule has 1 fully saturated rings. The van der Waals surface area contributed by atoms with E-state index >= 15 is 0 Å². The van der Waals surface area contributed by atoms with Crippen molar-refractivity contribution in [2.75, 3.05) is 6.54 Å². The van der Waals surface area contributed by atoms with Gasteiger partial charge in [-0.15, -0.1) is 0 Å². The van der Waals surface area contributed by atoms with Gasteiger partial charge in [0.25, 0.3) is 5.91 Å². The number of carbonyl (C=O) groups is 1.